The van der Waals surface area contributed by atoms with Crippen molar-refractivity contribution in [2.75, 3.05) is 30.8 Å². The Morgan fingerprint density at radius 3 is 2.89 bits per heavy atom. The van der Waals surface area contributed by atoms with Gasteiger partial charge in [0, 0.05) is 19.2 Å². The third kappa shape index (κ3) is 3.57. The van der Waals surface area contributed by atoms with Crippen molar-refractivity contribution in [3.05, 3.63) is 29.8 Å². The molecule has 1 aliphatic carbocycles. The summed E-state index contributed by atoms with van der Waals surface area (Å²) in [5, 5.41) is 29.5. The molecule has 144 valence electrons. The maximum atomic E-state index is 12.2. The highest BCUT2D eigenvalue weighted by atomic mass is 16.1. The highest BCUT2D eigenvalue weighted by molar-refractivity contribution is 5.97. The number of nitrogens with zero attached hydrogens (tertiary/aromatic N) is 5. The Morgan fingerprint density at radius 1 is 1.29 bits per heavy atom. The lowest BCUT2D eigenvalue weighted by molar-refractivity contribution is 0.0955. The number of carbonyl (C=O) groups is 1. The first-order valence-corrected chi connectivity index (χ1v) is 9.24. The van der Waals surface area contributed by atoms with Crippen LogP contribution < -0.4 is 21.3 Å². The van der Waals surface area contributed by atoms with Crippen molar-refractivity contribution >= 4 is 23.2 Å². The van der Waals surface area contributed by atoms with Crippen LogP contribution in [-0.4, -0.2) is 52.3 Å². The molecule has 28 heavy (non-hydrogen) atoms. The Kier molecular flexibility index (Phi) is 4.99. The van der Waals surface area contributed by atoms with Crippen LogP contribution in [0.3, 0.4) is 0 Å². The minimum absolute atomic E-state index is 0.232. The lowest BCUT2D eigenvalue weighted by Gasteiger charge is -2.48. The molecular formula is C18H21N9O. The molecule has 1 aliphatic heterocycles. The Labute approximate surface area is 162 Å². The van der Waals surface area contributed by atoms with Crippen LogP contribution >= 0.6 is 0 Å². The van der Waals surface area contributed by atoms with Crippen LogP contribution in [0.4, 0.5) is 17.3 Å². The molecule has 1 saturated heterocycles. The van der Waals surface area contributed by atoms with Gasteiger partial charge in [-0.05, 0) is 37.8 Å². The fourth-order valence-electron chi connectivity index (χ4n) is 3.83. The number of nitrogens with one attached hydrogen (secondary N) is 4. The van der Waals surface area contributed by atoms with Crippen LogP contribution in [0.15, 0.2) is 18.5 Å². The Balaban J connectivity index is 1.54. The predicted molar refractivity (Wildman–Crippen MR) is 102 cm³/mol. The maximum Gasteiger partial charge on any atom is 0.273 e. The average Bonchev–Trinajstić information content (AvgIpc) is 2.72. The van der Waals surface area contributed by atoms with Gasteiger partial charge in [-0.15, -0.1) is 10.2 Å². The first kappa shape index (κ1) is 18.1. The molecular weight excluding hydrogens is 358 g/mol. The minimum atomic E-state index is -0.291. The number of anilines is 3. The predicted octanol–water partition coefficient (Wildman–Crippen LogP) is 0.651. The van der Waals surface area contributed by atoms with E-state index in [1.54, 1.807) is 13.1 Å². The summed E-state index contributed by atoms with van der Waals surface area (Å²) < 4.78 is 0. The molecule has 2 aliphatic rings. The van der Waals surface area contributed by atoms with Gasteiger partial charge >= 0.3 is 0 Å². The summed E-state index contributed by atoms with van der Waals surface area (Å²) in [5.74, 6) is 1.88. The van der Waals surface area contributed by atoms with Crippen molar-refractivity contribution < 1.29 is 4.79 Å². The molecule has 0 radical (unpaired) electrons. The van der Waals surface area contributed by atoms with Gasteiger partial charge in [-0.1, -0.05) is 0 Å². The van der Waals surface area contributed by atoms with E-state index >= 15 is 0 Å². The van der Waals surface area contributed by atoms with Crippen LogP contribution in [0.25, 0.3) is 0 Å². The SMILES string of the molecule is CNC(=O)c1nnc(Nc2cnc(C#N)cn2)cc1NC1CC2CNCCC21. The molecule has 2 aromatic heterocycles. The van der Waals surface area contributed by atoms with Crippen molar-refractivity contribution in [2.24, 2.45) is 11.8 Å². The first-order chi connectivity index (χ1) is 13.7. The second kappa shape index (κ2) is 7.74. The second-order valence-electron chi connectivity index (χ2n) is 7.00. The van der Waals surface area contributed by atoms with E-state index in [0.717, 1.165) is 25.9 Å². The van der Waals surface area contributed by atoms with Crippen molar-refractivity contribution in [3.63, 3.8) is 0 Å². The molecule has 1 amide bonds. The van der Waals surface area contributed by atoms with Crippen LogP contribution in [0.5, 0.6) is 0 Å². The Bertz CT molecular complexity index is 908. The molecule has 2 aromatic rings. The van der Waals surface area contributed by atoms with Crippen LogP contribution in [0.1, 0.15) is 29.0 Å². The van der Waals surface area contributed by atoms with E-state index in [4.69, 9.17) is 5.26 Å². The number of hydrogen-bond donors (Lipinski definition) is 4. The van der Waals surface area contributed by atoms with Gasteiger partial charge in [-0.3, -0.25) is 4.79 Å². The fourth-order valence-corrected chi connectivity index (χ4v) is 3.83. The topological polar surface area (TPSA) is 141 Å². The average molecular weight is 379 g/mol. The first-order valence-electron chi connectivity index (χ1n) is 9.24. The molecule has 10 nitrogen and oxygen atoms in total. The molecule has 1 saturated carbocycles. The number of fused-ring (bicyclic) bond motifs is 1. The summed E-state index contributed by atoms with van der Waals surface area (Å²) in [5.41, 5.74) is 1.13. The van der Waals surface area contributed by atoms with E-state index < -0.39 is 0 Å². The zero-order valence-corrected chi connectivity index (χ0v) is 15.4. The van der Waals surface area contributed by atoms with Crippen LogP contribution in [0.2, 0.25) is 0 Å². The van der Waals surface area contributed by atoms with Gasteiger partial charge in [0.05, 0.1) is 18.1 Å². The van der Waals surface area contributed by atoms with E-state index in [1.165, 1.54) is 12.4 Å². The molecule has 0 spiro atoms. The maximum absolute atomic E-state index is 12.2. The van der Waals surface area contributed by atoms with Crippen LogP contribution in [0, 0.1) is 23.2 Å². The third-order valence-corrected chi connectivity index (χ3v) is 5.34. The smallest absolute Gasteiger partial charge is 0.273 e. The van der Waals surface area contributed by atoms with Gasteiger partial charge in [0.15, 0.2) is 17.2 Å². The number of rotatable bonds is 5. The molecule has 2 fully saturated rings. The molecule has 3 unspecified atom stereocenters. The summed E-state index contributed by atoms with van der Waals surface area (Å²) >= 11 is 0. The second-order valence-corrected chi connectivity index (χ2v) is 7.00. The molecule has 0 bridgehead atoms. The quantitative estimate of drug-likeness (QED) is 0.589. The zero-order valence-electron chi connectivity index (χ0n) is 15.4. The minimum Gasteiger partial charge on any atom is -0.380 e. The molecule has 3 atom stereocenters. The van der Waals surface area contributed by atoms with Gasteiger partial charge in [-0.2, -0.15) is 5.26 Å². The fraction of sp³-hybridized carbons (Fsp3) is 0.444. The van der Waals surface area contributed by atoms with Gasteiger partial charge < -0.3 is 21.3 Å². The molecule has 4 N–H and O–H groups in total. The zero-order chi connectivity index (χ0) is 19.5. The molecule has 4 rings (SSSR count). The third-order valence-electron chi connectivity index (χ3n) is 5.34. The summed E-state index contributed by atoms with van der Waals surface area (Å²) in [4.78, 5) is 20.3. The van der Waals surface area contributed by atoms with E-state index in [-0.39, 0.29) is 17.3 Å². The lowest BCUT2D eigenvalue weighted by atomic mass is 9.66. The van der Waals surface area contributed by atoms with Gasteiger partial charge in [-0.25, -0.2) is 9.97 Å². The van der Waals surface area contributed by atoms with Gasteiger partial charge in [0.25, 0.3) is 5.91 Å². The number of aromatic nitrogens is 4. The standard InChI is InChI=1S/C18H21N9O/c1-20-18(28)17-14(24-13-4-10-7-21-3-2-12(10)13)5-15(26-27-17)25-16-9-22-11(6-19)8-23-16/h5,8-10,12-13,21H,2-4,7H2,1H3,(H,20,28)(H2,23,24,25,26). The van der Waals surface area contributed by atoms with E-state index in [2.05, 4.69) is 41.4 Å². The van der Waals surface area contributed by atoms with Crippen molar-refractivity contribution in [2.45, 2.75) is 18.9 Å². The molecule has 0 aromatic carbocycles. The van der Waals surface area contributed by atoms with E-state index in [1.807, 2.05) is 6.07 Å². The highest BCUT2D eigenvalue weighted by Crippen LogP contribution is 2.40. The molecule has 10 heteroatoms. The van der Waals surface area contributed by atoms with Gasteiger partial charge in [0.1, 0.15) is 11.9 Å². The summed E-state index contributed by atoms with van der Waals surface area (Å²) in [6.07, 6.45) is 5.02. The normalized spacial score (nSPS) is 22.9. The monoisotopic (exact) mass is 379 g/mol. The van der Waals surface area contributed by atoms with Crippen molar-refractivity contribution in [1.29, 1.82) is 5.26 Å². The summed E-state index contributed by atoms with van der Waals surface area (Å²) in [6, 6.07) is 4.00. The highest BCUT2D eigenvalue weighted by Gasteiger charge is 2.42. The summed E-state index contributed by atoms with van der Waals surface area (Å²) in [7, 11) is 1.57. The molecule has 3 heterocycles. The Morgan fingerprint density at radius 2 is 2.18 bits per heavy atom. The Hall–Kier alpha value is -3.32. The van der Waals surface area contributed by atoms with E-state index in [9.17, 15) is 4.79 Å². The number of carbonyl (C=O) groups excluding carboxylic acids is 1. The number of hydrogen-bond acceptors (Lipinski definition) is 9. The van der Waals surface area contributed by atoms with Gasteiger partial charge in [0.2, 0.25) is 0 Å². The number of amides is 1. The number of piperidine rings is 1. The van der Waals surface area contributed by atoms with Crippen molar-refractivity contribution in [3.8, 4) is 6.07 Å². The largest absolute Gasteiger partial charge is 0.380 e. The lowest BCUT2D eigenvalue weighted by Crippen LogP contribution is -2.54. The van der Waals surface area contributed by atoms with Crippen LogP contribution in [-0.2, 0) is 0 Å². The van der Waals surface area contributed by atoms with Crippen molar-refractivity contribution in [1.82, 2.24) is 30.8 Å². The van der Waals surface area contributed by atoms with E-state index in [0.29, 0.717) is 35.2 Å². The summed E-state index contributed by atoms with van der Waals surface area (Å²) in [6.45, 7) is 2.09. The number of nitriles is 1.